The first-order valence-electron chi connectivity index (χ1n) is 12.2. The van der Waals surface area contributed by atoms with Crippen LogP contribution in [0.5, 0.6) is 0 Å². The van der Waals surface area contributed by atoms with E-state index in [4.69, 9.17) is 15.0 Å². The SMILES string of the molecule is Brc1cc(-c2cccnc2)cc(-c2nc(-c3ccccc3)nc(-c3cccc4c3sc3ccccc34)n2)c1. The van der Waals surface area contributed by atoms with E-state index in [9.17, 15) is 0 Å². The zero-order valence-electron chi connectivity index (χ0n) is 20.0. The largest absolute Gasteiger partial charge is 0.264 e. The Bertz CT molecular complexity index is 1930. The highest BCUT2D eigenvalue weighted by atomic mass is 79.9. The summed E-state index contributed by atoms with van der Waals surface area (Å²) in [5.74, 6) is 1.93. The summed E-state index contributed by atoms with van der Waals surface area (Å²) in [6.07, 6.45) is 3.64. The first kappa shape index (κ1) is 22.9. The van der Waals surface area contributed by atoms with Gasteiger partial charge in [0.2, 0.25) is 0 Å². The fourth-order valence-corrected chi connectivity index (χ4v) is 6.39. The van der Waals surface area contributed by atoms with E-state index in [0.29, 0.717) is 17.5 Å². The molecule has 0 unspecified atom stereocenters. The van der Waals surface area contributed by atoms with Crippen LogP contribution < -0.4 is 0 Å². The van der Waals surface area contributed by atoms with Crippen molar-refractivity contribution in [2.45, 2.75) is 0 Å². The molecule has 0 bridgehead atoms. The van der Waals surface area contributed by atoms with Crippen molar-refractivity contribution in [3.8, 4) is 45.3 Å². The van der Waals surface area contributed by atoms with Crippen molar-refractivity contribution < 1.29 is 0 Å². The van der Waals surface area contributed by atoms with E-state index in [-0.39, 0.29) is 0 Å². The standard InChI is InChI=1S/C32H19BrN4S/c33-24-17-22(21-10-7-15-34-19-21)16-23(18-24)31-35-30(20-8-2-1-3-9-20)36-32(37-31)27-13-6-12-26-25-11-4-5-14-28(25)38-29(26)27/h1-19H. The summed E-state index contributed by atoms with van der Waals surface area (Å²) >= 11 is 5.47. The van der Waals surface area contributed by atoms with Crippen molar-refractivity contribution in [1.29, 1.82) is 0 Å². The summed E-state index contributed by atoms with van der Waals surface area (Å²) in [6.45, 7) is 0. The smallest absolute Gasteiger partial charge is 0.165 e. The predicted molar refractivity (Wildman–Crippen MR) is 160 cm³/mol. The number of aromatic nitrogens is 4. The van der Waals surface area contributed by atoms with Crippen LogP contribution >= 0.6 is 27.3 Å². The number of nitrogens with zero attached hydrogens (tertiary/aromatic N) is 4. The number of halogens is 1. The Hall–Kier alpha value is -4.26. The quantitative estimate of drug-likeness (QED) is 0.212. The molecule has 0 N–H and O–H groups in total. The Labute approximate surface area is 231 Å². The molecule has 7 rings (SSSR count). The van der Waals surface area contributed by atoms with Crippen LogP contribution in [0.3, 0.4) is 0 Å². The van der Waals surface area contributed by atoms with E-state index in [1.807, 2.05) is 48.7 Å². The van der Waals surface area contributed by atoms with Gasteiger partial charge in [0.1, 0.15) is 0 Å². The van der Waals surface area contributed by atoms with Gasteiger partial charge >= 0.3 is 0 Å². The number of thiophene rings is 1. The number of hydrogen-bond acceptors (Lipinski definition) is 5. The molecule has 3 heterocycles. The van der Waals surface area contributed by atoms with Crippen LogP contribution in [0.2, 0.25) is 0 Å². The molecule has 0 aliphatic heterocycles. The molecule has 0 amide bonds. The molecule has 4 aromatic carbocycles. The third kappa shape index (κ3) is 4.18. The molecule has 3 aromatic heterocycles. The minimum absolute atomic E-state index is 0.624. The Kier molecular flexibility index (Phi) is 5.76. The lowest BCUT2D eigenvalue weighted by atomic mass is 10.0. The molecule has 38 heavy (non-hydrogen) atoms. The highest BCUT2D eigenvalue weighted by Crippen LogP contribution is 2.39. The average molecular weight is 572 g/mol. The molecule has 0 fully saturated rings. The monoisotopic (exact) mass is 570 g/mol. The van der Waals surface area contributed by atoms with Crippen LogP contribution in [0.4, 0.5) is 0 Å². The van der Waals surface area contributed by atoms with E-state index in [0.717, 1.165) is 32.3 Å². The normalized spacial score (nSPS) is 11.3. The maximum atomic E-state index is 5.04. The lowest BCUT2D eigenvalue weighted by Crippen LogP contribution is -2.00. The summed E-state index contributed by atoms with van der Waals surface area (Å²) in [5.41, 5.74) is 4.93. The van der Waals surface area contributed by atoms with Gasteiger partial charge < -0.3 is 0 Å². The van der Waals surface area contributed by atoms with Gasteiger partial charge in [-0.2, -0.15) is 0 Å². The van der Waals surface area contributed by atoms with E-state index in [1.54, 1.807) is 17.5 Å². The van der Waals surface area contributed by atoms with Crippen molar-refractivity contribution in [2.75, 3.05) is 0 Å². The fourth-order valence-electron chi connectivity index (χ4n) is 4.68. The van der Waals surface area contributed by atoms with Crippen molar-refractivity contribution in [2.24, 2.45) is 0 Å². The zero-order chi connectivity index (χ0) is 25.5. The number of hydrogen-bond donors (Lipinski definition) is 0. The van der Waals surface area contributed by atoms with Gasteiger partial charge in [-0.15, -0.1) is 11.3 Å². The molecule has 6 heteroatoms. The molecule has 0 atom stereocenters. The van der Waals surface area contributed by atoms with E-state index >= 15 is 0 Å². The number of benzene rings is 4. The minimum Gasteiger partial charge on any atom is -0.264 e. The average Bonchev–Trinajstić information content (AvgIpc) is 3.36. The second kappa shape index (κ2) is 9.56. The lowest BCUT2D eigenvalue weighted by Gasteiger charge is -2.11. The number of fused-ring (bicyclic) bond motifs is 3. The van der Waals surface area contributed by atoms with Gasteiger partial charge in [-0.05, 0) is 42.0 Å². The Balaban J connectivity index is 1.47. The van der Waals surface area contributed by atoms with Crippen LogP contribution in [0.1, 0.15) is 0 Å². The maximum Gasteiger partial charge on any atom is 0.165 e. The molecule has 0 saturated carbocycles. The molecule has 0 spiro atoms. The van der Waals surface area contributed by atoms with Crippen molar-refractivity contribution in [3.05, 3.63) is 120 Å². The second-order valence-electron chi connectivity index (χ2n) is 8.92. The van der Waals surface area contributed by atoms with Crippen molar-refractivity contribution in [1.82, 2.24) is 19.9 Å². The molecule has 180 valence electrons. The Morgan fingerprint density at radius 1 is 0.553 bits per heavy atom. The maximum absolute atomic E-state index is 5.04. The third-order valence-electron chi connectivity index (χ3n) is 6.46. The second-order valence-corrected chi connectivity index (χ2v) is 10.9. The molecular weight excluding hydrogens is 552 g/mol. The van der Waals surface area contributed by atoms with Gasteiger partial charge in [-0.1, -0.05) is 82.7 Å². The molecule has 0 aliphatic carbocycles. The summed E-state index contributed by atoms with van der Waals surface area (Å²) in [6, 6.07) is 35.2. The summed E-state index contributed by atoms with van der Waals surface area (Å²) < 4.78 is 3.37. The van der Waals surface area contributed by atoms with Gasteiger partial charge in [-0.25, -0.2) is 15.0 Å². The van der Waals surface area contributed by atoms with Crippen LogP contribution in [0.25, 0.3) is 65.5 Å². The van der Waals surface area contributed by atoms with Gasteiger partial charge in [0, 0.05) is 59.3 Å². The van der Waals surface area contributed by atoms with E-state index < -0.39 is 0 Å². The van der Waals surface area contributed by atoms with Crippen LogP contribution in [-0.2, 0) is 0 Å². The third-order valence-corrected chi connectivity index (χ3v) is 8.14. The fraction of sp³-hybridized carbons (Fsp3) is 0. The highest BCUT2D eigenvalue weighted by molar-refractivity contribution is 9.10. The molecule has 0 aliphatic rings. The first-order valence-corrected chi connectivity index (χ1v) is 13.8. The van der Waals surface area contributed by atoms with Gasteiger partial charge in [-0.3, -0.25) is 4.98 Å². The highest BCUT2D eigenvalue weighted by Gasteiger charge is 2.17. The topological polar surface area (TPSA) is 51.6 Å². The summed E-state index contributed by atoms with van der Waals surface area (Å²) in [5, 5.41) is 2.47. The van der Waals surface area contributed by atoms with E-state index in [2.05, 4.69) is 81.6 Å². The van der Waals surface area contributed by atoms with Gasteiger partial charge in [0.05, 0.1) is 0 Å². The Morgan fingerprint density at radius 3 is 2.11 bits per heavy atom. The molecule has 0 saturated heterocycles. The first-order chi connectivity index (χ1) is 18.7. The van der Waals surface area contributed by atoms with Crippen LogP contribution in [-0.4, -0.2) is 19.9 Å². The van der Waals surface area contributed by atoms with E-state index in [1.165, 1.54) is 20.2 Å². The predicted octanol–water partition coefficient (Wildman–Crippen LogP) is 9.06. The molecule has 0 radical (unpaired) electrons. The Morgan fingerprint density at radius 2 is 1.26 bits per heavy atom. The van der Waals surface area contributed by atoms with Crippen molar-refractivity contribution >= 4 is 47.4 Å². The van der Waals surface area contributed by atoms with Gasteiger partial charge in [0.25, 0.3) is 0 Å². The minimum atomic E-state index is 0.624. The summed E-state index contributed by atoms with van der Waals surface area (Å²) in [4.78, 5) is 19.3. The van der Waals surface area contributed by atoms with Gasteiger partial charge in [0.15, 0.2) is 17.5 Å². The summed E-state index contributed by atoms with van der Waals surface area (Å²) in [7, 11) is 0. The molecular formula is C32H19BrN4S. The van der Waals surface area contributed by atoms with Crippen LogP contribution in [0.15, 0.2) is 120 Å². The lowest BCUT2D eigenvalue weighted by molar-refractivity contribution is 1.08. The van der Waals surface area contributed by atoms with Crippen molar-refractivity contribution in [3.63, 3.8) is 0 Å². The number of pyridine rings is 1. The zero-order valence-corrected chi connectivity index (χ0v) is 22.4. The van der Waals surface area contributed by atoms with Crippen LogP contribution in [0, 0.1) is 0 Å². The molecule has 7 aromatic rings. The molecule has 4 nitrogen and oxygen atoms in total. The number of rotatable bonds is 4.